The second kappa shape index (κ2) is 10.4. The lowest BCUT2D eigenvalue weighted by Gasteiger charge is -2.25. The fourth-order valence-corrected chi connectivity index (χ4v) is 4.66. The van der Waals surface area contributed by atoms with E-state index in [1.165, 1.54) is 12.7 Å². The van der Waals surface area contributed by atoms with E-state index < -0.39 is 0 Å². The smallest absolute Gasteiger partial charge is 0.324 e. The Morgan fingerprint density at radius 2 is 1.98 bits per heavy atom. The van der Waals surface area contributed by atoms with Crippen LogP contribution < -0.4 is 10.1 Å². The summed E-state index contributed by atoms with van der Waals surface area (Å²) in [6.07, 6.45) is 4.84. The van der Waals surface area contributed by atoms with Crippen LogP contribution in [0.15, 0.2) is 61.3 Å². The van der Waals surface area contributed by atoms with Crippen LogP contribution in [-0.2, 0) is 4.79 Å². The third kappa shape index (κ3) is 4.90. The number of amides is 1. The number of carbonyl (C=O) groups excluding carboxylic acids is 1. The minimum Gasteiger partial charge on any atom is -0.457 e. The van der Waals surface area contributed by atoms with Gasteiger partial charge in [0.15, 0.2) is 11.5 Å². The van der Waals surface area contributed by atoms with Crippen molar-refractivity contribution in [1.82, 2.24) is 34.4 Å². The first kappa shape index (κ1) is 24.9. The van der Waals surface area contributed by atoms with Crippen LogP contribution >= 0.6 is 0 Å². The quantitative estimate of drug-likeness (QED) is 0.268. The summed E-state index contributed by atoms with van der Waals surface area (Å²) < 4.78 is 9.90. The van der Waals surface area contributed by atoms with Gasteiger partial charge in [0, 0.05) is 24.0 Å². The number of nitrogens with one attached hydrogen (secondary N) is 1. The predicted molar refractivity (Wildman–Crippen MR) is 150 cm³/mol. The van der Waals surface area contributed by atoms with E-state index in [-0.39, 0.29) is 5.91 Å². The SMILES string of the molecule is CC#CC(=O)N1CC[N+](c2ccc3ncnc(Nc4ccc(Oc5ccn6ncnc6c5)c(C)c4)c3n2)=C(C)C1. The van der Waals surface area contributed by atoms with Crippen LogP contribution in [0.25, 0.3) is 16.7 Å². The maximum atomic E-state index is 12.2. The molecule has 11 heteroatoms. The first-order valence-corrected chi connectivity index (χ1v) is 12.8. The topological polar surface area (TPSA) is 113 Å². The average molecular weight is 533 g/mol. The molecule has 5 heterocycles. The minimum atomic E-state index is -0.157. The first-order valence-electron chi connectivity index (χ1n) is 12.8. The number of ether oxygens (including phenoxy) is 1. The monoisotopic (exact) mass is 532 g/mol. The molecule has 0 saturated heterocycles. The highest BCUT2D eigenvalue weighted by Gasteiger charge is 2.26. The van der Waals surface area contributed by atoms with E-state index in [9.17, 15) is 4.79 Å². The Balaban J connectivity index is 1.25. The van der Waals surface area contributed by atoms with Gasteiger partial charge in [-0.15, -0.1) is 0 Å². The Hall–Kier alpha value is -5.37. The maximum absolute atomic E-state index is 12.2. The number of fused-ring (bicyclic) bond motifs is 2. The number of benzene rings is 1. The lowest BCUT2D eigenvalue weighted by Crippen LogP contribution is -2.45. The van der Waals surface area contributed by atoms with E-state index in [0.29, 0.717) is 42.4 Å². The predicted octanol–water partition coefficient (Wildman–Crippen LogP) is 3.88. The summed E-state index contributed by atoms with van der Waals surface area (Å²) in [6, 6.07) is 13.4. The van der Waals surface area contributed by atoms with Crippen LogP contribution in [0.4, 0.5) is 17.3 Å². The maximum Gasteiger partial charge on any atom is 0.324 e. The summed E-state index contributed by atoms with van der Waals surface area (Å²) in [5, 5.41) is 7.51. The summed E-state index contributed by atoms with van der Waals surface area (Å²) in [7, 11) is 0. The molecule has 0 radical (unpaired) electrons. The van der Waals surface area contributed by atoms with Crippen molar-refractivity contribution in [3.05, 3.63) is 66.9 Å². The molecule has 1 aliphatic rings. The van der Waals surface area contributed by atoms with Gasteiger partial charge in [-0.3, -0.25) is 4.79 Å². The minimum absolute atomic E-state index is 0.157. The zero-order valence-corrected chi connectivity index (χ0v) is 22.3. The number of pyridine rings is 2. The number of rotatable bonds is 5. The number of nitrogens with zero attached hydrogens (tertiary/aromatic N) is 8. The molecular weight excluding hydrogens is 506 g/mol. The largest absolute Gasteiger partial charge is 0.457 e. The second-order valence-electron chi connectivity index (χ2n) is 9.38. The van der Waals surface area contributed by atoms with E-state index in [1.54, 1.807) is 16.3 Å². The lowest BCUT2D eigenvalue weighted by atomic mass is 10.2. The van der Waals surface area contributed by atoms with Crippen molar-refractivity contribution in [2.24, 2.45) is 0 Å². The van der Waals surface area contributed by atoms with Crippen LogP contribution in [0.3, 0.4) is 0 Å². The Labute approximate surface area is 230 Å². The first-order chi connectivity index (χ1) is 19.5. The van der Waals surface area contributed by atoms with E-state index >= 15 is 0 Å². The molecule has 1 aromatic carbocycles. The number of aryl methyl sites for hydroxylation is 1. The standard InChI is InChI=1S/C29H26N9O2/c1-4-5-27(39)36-12-13-37(20(3)16-36)25-9-7-23-28(35-25)29(32-17-30-23)34-21-6-8-24(19(2)14-21)40-22-10-11-38-26(15-22)31-18-33-38/h6-11,14-15,17-18H,12-13,16H2,1-3H3,(H,30,32,34)/q+1. The van der Waals surface area contributed by atoms with Crippen LogP contribution in [0.1, 0.15) is 19.4 Å². The van der Waals surface area contributed by atoms with Crippen molar-refractivity contribution in [3.8, 4) is 23.3 Å². The van der Waals surface area contributed by atoms with Crippen LogP contribution in [-0.4, -0.2) is 70.3 Å². The number of hydrogen-bond donors (Lipinski definition) is 1. The molecule has 5 aromatic rings. The van der Waals surface area contributed by atoms with Gasteiger partial charge in [-0.1, -0.05) is 5.92 Å². The third-order valence-electron chi connectivity index (χ3n) is 6.65. The fourth-order valence-electron chi connectivity index (χ4n) is 4.66. The molecule has 40 heavy (non-hydrogen) atoms. The van der Waals surface area contributed by atoms with Crippen molar-refractivity contribution in [2.75, 3.05) is 25.0 Å². The van der Waals surface area contributed by atoms with Crippen LogP contribution in [0, 0.1) is 18.8 Å². The molecule has 0 spiro atoms. The summed E-state index contributed by atoms with van der Waals surface area (Å²) in [4.78, 5) is 32.0. The van der Waals surface area contributed by atoms with E-state index in [1.807, 2.05) is 62.5 Å². The molecule has 0 aliphatic carbocycles. The third-order valence-corrected chi connectivity index (χ3v) is 6.65. The van der Waals surface area contributed by atoms with Crippen molar-refractivity contribution >= 4 is 45.6 Å². The molecule has 4 aromatic heterocycles. The summed E-state index contributed by atoms with van der Waals surface area (Å²) in [5.74, 6) is 7.94. The summed E-state index contributed by atoms with van der Waals surface area (Å²) in [5.41, 5.74) is 4.91. The van der Waals surface area contributed by atoms with Crippen molar-refractivity contribution < 1.29 is 14.1 Å². The molecular formula is C29H26N9O2+. The van der Waals surface area contributed by atoms with E-state index in [2.05, 4.69) is 41.8 Å². The molecule has 1 N–H and O–H groups in total. The van der Waals surface area contributed by atoms with Gasteiger partial charge in [0.05, 0.1) is 18.8 Å². The van der Waals surface area contributed by atoms with Gasteiger partial charge in [0.25, 0.3) is 5.91 Å². The van der Waals surface area contributed by atoms with Gasteiger partial charge in [0.1, 0.15) is 36.2 Å². The summed E-state index contributed by atoms with van der Waals surface area (Å²) in [6.45, 7) is 7.36. The zero-order valence-electron chi connectivity index (χ0n) is 22.3. The fraction of sp³-hybridized carbons (Fsp3) is 0.207. The molecule has 11 nitrogen and oxygen atoms in total. The highest BCUT2D eigenvalue weighted by Crippen LogP contribution is 2.30. The van der Waals surface area contributed by atoms with E-state index in [0.717, 1.165) is 34.0 Å². The molecule has 1 amide bonds. The van der Waals surface area contributed by atoms with Gasteiger partial charge in [0.2, 0.25) is 5.52 Å². The molecule has 0 fully saturated rings. The Kier molecular flexibility index (Phi) is 6.49. The van der Waals surface area contributed by atoms with Gasteiger partial charge < -0.3 is 15.0 Å². The van der Waals surface area contributed by atoms with Gasteiger partial charge in [-0.05, 0) is 67.6 Å². The highest BCUT2D eigenvalue weighted by molar-refractivity contribution is 5.96. The van der Waals surface area contributed by atoms with Crippen molar-refractivity contribution in [2.45, 2.75) is 20.8 Å². The molecule has 6 rings (SSSR count). The van der Waals surface area contributed by atoms with Gasteiger partial charge in [-0.2, -0.15) is 5.10 Å². The molecule has 1 aliphatic heterocycles. The molecule has 0 atom stereocenters. The highest BCUT2D eigenvalue weighted by atomic mass is 16.5. The molecule has 198 valence electrons. The molecule has 0 bridgehead atoms. The Morgan fingerprint density at radius 1 is 1.07 bits per heavy atom. The number of aromatic nitrogens is 6. The normalized spacial score (nSPS) is 13.3. The van der Waals surface area contributed by atoms with Crippen LogP contribution in [0.5, 0.6) is 11.5 Å². The van der Waals surface area contributed by atoms with Crippen molar-refractivity contribution in [3.63, 3.8) is 0 Å². The number of anilines is 2. The number of hydrogen-bond acceptors (Lipinski definition) is 8. The Bertz CT molecular complexity index is 1870. The molecule has 0 unspecified atom stereocenters. The number of carbonyl (C=O) groups is 1. The summed E-state index contributed by atoms with van der Waals surface area (Å²) >= 11 is 0. The lowest BCUT2D eigenvalue weighted by molar-refractivity contribution is -0.452. The zero-order chi connectivity index (χ0) is 27.6. The Morgan fingerprint density at radius 3 is 2.80 bits per heavy atom. The van der Waals surface area contributed by atoms with Gasteiger partial charge in [-0.25, -0.2) is 24.0 Å². The van der Waals surface area contributed by atoms with E-state index in [4.69, 9.17) is 9.72 Å². The van der Waals surface area contributed by atoms with Crippen molar-refractivity contribution in [1.29, 1.82) is 0 Å². The average Bonchev–Trinajstić information content (AvgIpc) is 3.43. The van der Waals surface area contributed by atoms with Gasteiger partial charge >= 0.3 is 5.82 Å². The molecule has 0 saturated carbocycles. The van der Waals surface area contributed by atoms with Crippen LogP contribution in [0.2, 0.25) is 0 Å². The second-order valence-corrected chi connectivity index (χ2v) is 9.38.